The molecule has 7 nitrogen and oxygen atoms in total. The first kappa shape index (κ1) is 10.4. The number of hydrogen-bond donors (Lipinski definition) is 2. The molecule has 84 valence electrons. The zero-order valence-corrected chi connectivity index (χ0v) is 9.01. The lowest BCUT2D eigenvalue weighted by Gasteiger charge is -2.11. The summed E-state index contributed by atoms with van der Waals surface area (Å²) in [6.45, 7) is 1.87. The Balaban J connectivity index is 2.61. The summed E-state index contributed by atoms with van der Waals surface area (Å²) in [7, 11) is 1.54. The van der Waals surface area contributed by atoms with Gasteiger partial charge in [-0.1, -0.05) is 0 Å². The number of anilines is 1. The second-order valence-corrected chi connectivity index (χ2v) is 3.07. The highest BCUT2D eigenvalue weighted by atomic mass is 16.5. The standard InChI is InChI=1S/C9H12N6O/c1-6-11-3-4-15(6)9-7(16-2)8(14-10)12-5-13-9/h3-5H,10H2,1-2H3,(H,12,13,14). The average Bonchev–Trinajstić information content (AvgIpc) is 2.74. The third-order valence-corrected chi connectivity index (χ3v) is 2.18. The van der Waals surface area contributed by atoms with E-state index < -0.39 is 0 Å². The third-order valence-electron chi connectivity index (χ3n) is 2.18. The topological polar surface area (TPSA) is 90.9 Å². The van der Waals surface area contributed by atoms with Crippen molar-refractivity contribution in [2.45, 2.75) is 6.92 Å². The number of rotatable bonds is 3. The highest BCUT2D eigenvalue weighted by Crippen LogP contribution is 2.27. The van der Waals surface area contributed by atoms with E-state index in [4.69, 9.17) is 10.6 Å². The van der Waals surface area contributed by atoms with Gasteiger partial charge in [-0.25, -0.2) is 20.8 Å². The third kappa shape index (κ3) is 1.57. The summed E-state index contributed by atoms with van der Waals surface area (Å²) in [5.74, 6) is 7.65. The molecule has 0 saturated heterocycles. The van der Waals surface area contributed by atoms with Gasteiger partial charge in [0.1, 0.15) is 12.2 Å². The number of hydrazine groups is 1. The van der Waals surface area contributed by atoms with Gasteiger partial charge in [0.15, 0.2) is 11.6 Å². The van der Waals surface area contributed by atoms with E-state index in [1.54, 1.807) is 17.0 Å². The molecule has 0 aliphatic rings. The minimum absolute atomic E-state index is 0.431. The van der Waals surface area contributed by atoms with Crippen LogP contribution >= 0.6 is 0 Å². The maximum absolute atomic E-state index is 5.34. The molecule has 3 N–H and O–H groups in total. The van der Waals surface area contributed by atoms with Crippen LogP contribution in [0, 0.1) is 6.92 Å². The van der Waals surface area contributed by atoms with E-state index in [2.05, 4.69) is 20.4 Å². The Morgan fingerprint density at radius 3 is 2.75 bits per heavy atom. The lowest BCUT2D eigenvalue weighted by Crippen LogP contribution is -2.12. The summed E-state index contributed by atoms with van der Waals surface area (Å²) < 4.78 is 7.02. The van der Waals surface area contributed by atoms with Crippen LogP contribution in [-0.2, 0) is 0 Å². The van der Waals surface area contributed by atoms with E-state index in [1.165, 1.54) is 13.4 Å². The Hall–Kier alpha value is -2.15. The predicted octanol–water partition coefficient (Wildman–Crippen LogP) is 0.265. The molecule has 0 saturated carbocycles. The monoisotopic (exact) mass is 220 g/mol. The summed E-state index contributed by atoms with van der Waals surface area (Å²) >= 11 is 0. The number of ether oxygens (including phenoxy) is 1. The fourth-order valence-corrected chi connectivity index (χ4v) is 1.43. The normalized spacial score (nSPS) is 10.2. The molecule has 0 aliphatic carbocycles. The number of aryl methyl sites for hydroxylation is 1. The molecule has 16 heavy (non-hydrogen) atoms. The van der Waals surface area contributed by atoms with Gasteiger partial charge in [-0.05, 0) is 6.92 Å². The molecule has 0 radical (unpaired) electrons. The number of nitrogen functional groups attached to an aromatic ring is 1. The molecule has 0 aromatic carbocycles. The van der Waals surface area contributed by atoms with Gasteiger partial charge in [0.05, 0.1) is 7.11 Å². The van der Waals surface area contributed by atoms with Crippen molar-refractivity contribution in [3.05, 3.63) is 24.5 Å². The Bertz CT molecular complexity index is 494. The lowest BCUT2D eigenvalue weighted by molar-refractivity contribution is 0.410. The molecular weight excluding hydrogens is 208 g/mol. The summed E-state index contributed by atoms with van der Waals surface area (Å²) in [5, 5.41) is 0. The van der Waals surface area contributed by atoms with Crippen LogP contribution in [0.5, 0.6) is 5.75 Å². The summed E-state index contributed by atoms with van der Waals surface area (Å²) in [6.07, 6.45) is 4.89. The fourth-order valence-electron chi connectivity index (χ4n) is 1.43. The smallest absolute Gasteiger partial charge is 0.206 e. The first-order valence-corrected chi connectivity index (χ1v) is 4.64. The Labute approximate surface area is 92.3 Å². The van der Waals surface area contributed by atoms with Gasteiger partial charge in [0, 0.05) is 12.4 Å². The van der Waals surface area contributed by atoms with Gasteiger partial charge in [-0.15, -0.1) is 0 Å². The van der Waals surface area contributed by atoms with Crippen LogP contribution in [0.15, 0.2) is 18.7 Å². The van der Waals surface area contributed by atoms with Gasteiger partial charge in [0.2, 0.25) is 5.75 Å². The van der Waals surface area contributed by atoms with Crippen molar-refractivity contribution < 1.29 is 4.74 Å². The Morgan fingerprint density at radius 2 is 2.19 bits per heavy atom. The number of nitrogens with one attached hydrogen (secondary N) is 1. The SMILES string of the molecule is COc1c(NN)ncnc1-n1ccnc1C. The maximum Gasteiger partial charge on any atom is 0.206 e. The van der Waals surface area contributed by atoms with Crippen LogP contribution in [0.1, 0.15) is 5.82 Å². The molecule has 2 aromatic heterocycles. The van der Waals surface area contributed by atoms with Crippen molar-refractivity contribution in [2.75, 3.05) is 12.5 Å². The van der Waals surface area contributed by atoms with Crippen molar-refractivity contribution in [3.63, 3.8) is 0 Å². The van der Waals surface area contributed by atoms with Crippen LogP contribution in [-0.4, -0.2) is 26.6 Å². The molecule has 0 bridgehead atoms. The highest BCUT2D eigenvalue weighted by molar-refractivity contribution is 5.57. The van der Waals surface area contributed by atoms with E-state index in [-0.39, 0.29) is 0 Å². The van der Waals surface area contributed by atoms with E-state index in [9.17, 15) is 0 Å². The summed E-state index contributed by atoms with van der Waals surface area (Å²) in [4.78, 5) is 12.2. The van der Waals surface area contributed by atoms with Gasteiger partial charge < -0.3 is 10.2 Å². The molecular formula is C9H12N6O. The first-order chi connectivity index (χ1) is 7.77. The minimum Gasteiger partial charge on any atom is -0.490 e. The summed E-state index contributed by atoms with van der Waals surface area (Å²) in [5.41, 5.74) is 2.46. The highest BCUT2D eigenvalue weighted by Gasteiger charge is 2.13. The van der Waals surface area contributed by atoms with Crippen LogP contribution in [0.2, 0.25) is 0 Å². The summed E-state index contributed by atoms with van der Waals surface area (Å²) in [6, 6.07) is 0. The Morgan fingerprint density at radius 1 is 1.38 bits per heavy atom. The number of nitrogens with two attached hydrogens (primary N) is 1. The first-order valence-electron chi connectivity index (χ1n) is 4.64. The molecule has 2 heterocycles. The number of imidazole rings is 1. The van der Waals surface area contributed by atoms with Crippen molar-refractivity contribution in [2.24, 2.45) is 5.84 Å². The molecule has 7 heteroatoms. The van der Waals surface area contributed by atoms with Gasteiger partial charge in [0.25, 0.3) is 0 Å². The van der Waals surface area contributed by atoms with Gasteiger partial charge >= 0.3 is 0 Å². The predicted molar refractivity (Wildman–Crippen MR) is 58.3 cm³/mol. The molecule has 0 unspecified atom stereocenters. The fraction of sp³-hybridized carbons (Fsp3) is 0.222. The average molecular weight is 220 g/mol. The zero-order chi connectivity index (χ0) is 11.5. The van der Waals surface area contributed by atoms with Gasteiger partial charge in [-0.3, -0.25) is 4.57 Å². The van der Waals surface area contributed by atoms with Crippen molar-refractivity contribution in [3.8, 4) is 11.6 Å². The van der Waals surface area contributed by atoms with Crippen molar-refractivity contribution >= 4 is 5.82 Å². The number of methoxy groups -OCH3 is 1. The molecule has 2 aromatic rings. The zero-order valence-electron chi connectivity index (χ0n) is 9.01. The molecule has 0 aliphatic heterocycles. The molecule has 0 atom stereocenters. The second-order valence-electron chi connectivity index (χ2n) is 3.07. The van der Waals surface area contributed by atoms with Gasteiger partial charge in [-0.2, -0.15) is 0 Å². The quantitative estimate of drug-likeness (QED) is 0.569. The lowest BCUT2D eigenvalue weighted by atomic mass is 10.4. The van der Waals surface area contributed by atoms with E-state index >= 15 is 0 Å². The molecule has 0 amide bonds. The molecule has 0 spiro atoms. The van der Waals surface area contributed by atoms with Crippen molar-refractivity contribution in [1.29, 1.82) is 0 Å². The minimum atomic E-state index is 0.431. The van der Waals surface area contributed by atoms with E-state index in [0.717, 1.165) is 5.82 Å². The number of hydrogen-bond acceptors (Lipinski definition) is 6. The van der Waals surface area contributed by atoms with Crippen LogP contribution < -0.4 is 16.0 Å². The number of aromatic nitrogens is 4. The molecule has 2 rings (SSSR count). The van der Waals surface area contributed by atoms with Crippen molar-refractivity contribution in [1.82, 2.24) is 19.5 Å². The molecule has 0 fully saturated rings. The van der Waals surface area contributed by atoms with Crippen LogP contribution in [0.25, 0.3) is 5.82 Å². The Kier molecular flexibility index (Phi) is 2.69. The van der Waals surface area contributed by atoms with Crippen LogP contribution in [0.4, 0.5) is 5.82 Å². The van der Waals surface area contributed by atoms with Crippen LogP contribution in [0.3, 0.4) is 0 Å². The van der Waals surface area contributed by atoms with E-state index in [1.807, 2.05) is 6.92 Å². The number of nitrogens with zero attached hydrogens (tertiary/aromatic N) is 4. The maximum atomic E-state index is 5.34. The second kappa shape index (κ2) is 4.15. The van der Waals surface area contributed by atoms with E-state index in [0.29, 0.717) is 17.4 Å². The largest absolute Gasteiger partial charge is 0.490 e.